The van der Waals surface area contributed by atoms with Gasteiger partial charge in [0.1, 0.15) is 11.4 Å². The van der Waals surface area contributed by atoms with Crippen molar-refractivity contribution < 1.29 is 9.53 Å². The van der Waals surface area contributed by atoms with Gasteiger partial charge in [0.05, 0.1) is 7.11 Å². The van der Waals surface area contributed by atoms with Crippen LogP contribution < -0.4 is 15.4 Å². The second kappa shape index (κ2) is 5.78. The minimum Gasteiger partial charge on any atom is -0.497 e. The van der Waals surface area contributed by atoms with E-state index in [-0.39, 0.29) is 5.91 Å². The van der Waals surface area contributed by atoms with Gasteiger partial charge in [0.25, 0.3) is 5.91 Å². The number of nitrogens with one attached hydrogen (secondary N) is 2. The van der Waals surface area contributed by atoms with Gasteiger partial charge in [-0.05, 0) is 31.0 Å². The minimum absolute atomic E-state index is 0.159. The molecule has 0 saturated heterocycles. The van der Waals surface area contributed by atoms with Gasteiger partial charge in [-0.15, -0.1) is 0 Å². The number of benzene rings is 1. The normalized spacial score (nSPS) is 13.6. The number of carbonyl (C=O) groups excluding carboxylic acids is 1. The lowest BCUT2D eigenvalue weighted by atomic mass is 10.3. The highest BCUT2D eigenvalue weighted by Crippen LogP contribution is 2.20. The van der Waals surface area contributed by atoms with Crippen LogP contribution in [0.4, 0.5) is 11.6 Å². The molecule has 1 saturated carbocycles. The molecule has 0 radical (unpaired) electrons. The molecule has 1 amide bonds. The van der Waals surface area contributed by atoms with Crippen LogP contribution in [0.2, 0.25) is 0 Å². The van der Waals surface area contributed by atoms with Crippen LogP contribution in [0.25, 0.3) is 0 Å². The summed E-state index contributed by atoms with van der Waals surface area (Å²) in [5.41, 5.74) is 1.16. The summed E-state index contributed by atoms with van der Waals surface area (Å²) in [6.07, 6.45) is 3.66. The van der Waals surface area contributed by atoms with Gasteiger partial charge in [0.2, 0.25) is 5.95 Å². The van der Waals surface area contributed by atoms with E-state index in [0.29, 0.717) is 17.7 Å². The largest absolute Gasteiger partial charge is 0.497 e. The van der Waals surface area contributed by atoms with Crippen molar-refractivity contribution in [1.82, 2.24) is 15.3 Å². The van der Waals surface area contributed by atoms with Crippen LogP contribution in [-0.4, -0.2) is 29.0 Å². The molecule has 0 aliphatic heterocycles. The van der Waals surface area contributed by atoms with Crippen molar-refractivity contribution in [3.8, 4) is 5.75 Å². The third-order valence-corrected chi connectivity index (χ3v) is 3.13. The maximum atomic E-state index is 12.0. The molecule has 2 aromatic rings. The molecule has 2 N–H and O–H groups in total. The molecule has 1 aliphatic carbocycles. The summed E-state index contributed by atoms with van der Waals surface area (Å²) in [5, 5.41) is 5.96. The Balaban J connectivity index is 1.74. The Morgan fingerprint density at radius 3 is 2.95 bits per heavy atom. The molecule has 1 fully saturated rings. The fourth-order valence-electron chi connectivity index (χ4n) is 1.86. The smallest absolute Gasteiger partial charge is 0.270 e. The highest BCUT2D eigenvalue weighted by molar-refractivity contribution is 5.92. The highest BCUT2D eigenvalue weighted by atomic mass is 16.5. The lowest BCUT2D eigenvalue weighted by Gasteiger charge is -2.08. The van der Waals surface area contributed by atoms with Crippen molar-refractivity contribution in [2.75, 3.05) is 12.4 Å². The lowest BCUT2D eigenvalue weighted by Crippen LogP contribution is -2.26. The Kier molecular flexibility index (Phi) is 3.68. The molecule has 3 rings (SSSR count). The number of carbonyl (C=O) groups is 1. The van der Waals surface area contributed by atoms with Gasteiger partial charge in [-0.25, -0.2) is 9.97 Å². The van der Waals surface area contributed by atoms with E-state index in [4.69, 9.17) is 4.74 Å². The van der Waals surface area contributed by atoms with Crippen molar-refractivity contribution in [1.29, 1.82) is 0 Å². The molecule has 0 spiro atoms. The predicted octanol–water partition coefficient (Wildman–Crippen LogP) is 2.12. The molecule has 1 aromatic carbocycles. The first kappa shape index (κ1) is 13.4. The van der Waals surface area contributed by atoms with E-state index in [0.717, 1.165) is 24.3 Å². The standard InChI is InChI=1S/C15H16N4O2/c1-21-12-4-2-3-11(9-12)18-15-16-8-7-13(19-15)14(20)17-10-5-6-10/h2-4,7-10H,5-6H2,1H3,(H,17,20)(H,16,18,19). The number of hydrogen-bond acceptors (Lipinski definition) is 5. The van der Waals surface area contributed by atoms with E-state index >= 15 is 0 Å². The molecular weight excluding hydrogens is 268 g/mol. The number of amides is 1. The molecule has 1 aliphatic rings. The summed E-state index contributed by atoms with van der Waals surface area (Å²) in [6, 6.07) is 9.34. The predicted molar refractivity (Wildman–Crippen MR) is 78.8 cm³/mol. The van der Waals surface area contributed by atoms with E-state index in [1.54, 1.807) is 19.4 Å². The van der Waals surface area contributed by atoms with Gasteiger partial charge in [-0.3, -0.25) is 4.79 Å². The second-order valence-electron chi connectivity index (χ2n) is 4.87. The van der Waals surface area contributed by atoms with Crippen LogP contribution in [0.3, 0.4) is 0 Å². The van der Waals surface area contributed by atoms with E-state index in [1.807, 2.05) is 24.3 Å². The maximum absolute atomic E-state index is 12.0. The number of hydrogen-bond donors (Lipinski definition) is 2. The number of anilines is 2. The molecule has 0 bridgehead atoms. The number of methoxy groups -OCH3 is 1. The highest BCUT2D eigenvalue weighted by Gasteiger charge is 2.24. The molecular formula is C15H16N4O2. The Morgan fingerprint density at radius 1 is 1.33 bits per heavy atom. The van der Waals surface area contributed by atoms with Crippen LogP contribution in [0.5, 0.6) is 5.75 Å². The summed E-state index contributed by atoms with van der Waals surface area (Å²) in [7, 11) is 1.61. The quantitative estimate of drug-likeness (QED) is 0.879. The molecule has 0 unspecified atom stereocenters. The van der Waals surface area contributed by atoms with Crippen LogP contribution in [0, 0.1) is 0 Å². The van der Waals surface area contributed by atoms with Gasteiger partial charge >= 0.3 is 0 Å². The first-order valence-corrected chi connectivity index (χ1v) is 6.79. The zero-order valence-electron chi connectivity index (χ0n) is 11.7. The molecule has 6 heteroatoms. The number of ether oxygens (including phenoxy) is 1. The third-order valence-electron chi connectivity index (χ3n) is 3.13. The Hall–Kier alpha value is -2.63. The van der Waals surface area contributed by atoms with Crippen LogP contribution in [-0.2, 0) is 0 Å². The van der Waals surface area contributed by atoms with Crippen molar-refractivity contribution in [3.63, 3.8) is 0 Å². The molecule has 1 heterocycles. The molecule has 21 heavy (non-hydrogen) atoms. The fourth-order valence-corrected chi connectivity index (χ4v) is 1.86. The first-order valence-electron chi connectivity index (χ1n) is 6.79. The SMILES string of the molecule is COc1cccc(Nc2nccc(C(=O)NC3CC3)n2)c1. The Bertz CT molecular complexity index is 656. The van der Waals surface area contributed by atoms with Gasteiger partial charge in [-0.2, -0.15) is 0 Å². The summed E-state index contributed by atoms with van der Waals surface area (Å²) in [6.45, 7) is 0. The fraction of sp³-hybridized carbons (Fsp3) is 0.267. The second-order valence-corrected chi connectivity index (χ2v) is 4.87. The van der Waals surface area contributed by atoms with Gasteiger partial charge in [-0.1, -0.05) is 6.07 Å². The average molecular weight is 284 g/mol. The first-order chi connectivity index (χ1) is 10.2. The van der Waals surface area contributed by atoms with Crippen molar-refractivity contribution >= 4 is 17.5 Å². The Labute approximate surface area is 122 Å². The summed E-state index contributed by atoms with van der Waals surface area (Å²) < 4.78 is 5.16. The number of aromatic nitrogens is 2. The van der Waals surface area contributed by atoms with E-state index < -0.39 is 0 Å². The maximum Gasteiger partial charge on any atom is 0.270 e. The molecule has 0 atom stereocenters. The van der Waals surface area contributed by atoms with Gasteiger partial charge < -0.3 is 15.4 Å². The van der Waals surface area contributed by atoms with Crippen molar-refractivity contribution in [2.45, 2.75) is 18.9 Å². The van der Waals surface area contributed by atoms with Crippen molar-refractivity contribution in [2.24, 2.45) is 0 Å². The minimum atomic E-state index is -0.159. The zero-order valence-corrected chi connectivity index (χ0v) is 11.7. The van der Waals surface area contributed by atoms with E-state index in [2.05, 4.69) is 20.6 Å². The molecule has 6 nitrogen and oxygen atoms in total. The summed E-state index contributed by atoms with van der Waals surface area (Å²) in [5.74, 6) is 0.961. The molecule has 108 valence electrons. The van der Waals surface area contributed by atoms with Gasteiger partial charge in [0, 0.05) is 24.0 Å². The van der Waals surface area contributed by atoms with Gasteiger partial charge in [0.15, 0.2) is 0 Å². The van der Waals surface area contributed by atoms with E-state index in [9.17, 15) is 4.79 Å². The third kappa shape index (κ3) is 3.47. The molecule has 1 aromatic heterocycles. The summed E-state index contributed by atoms with van der Waals surface area (Å²) in [4.78, 5) is 20.3. The summed E-state index contributed by atoms with van der Waals surface area (Å²) >= 11 is 0. The topological polar surface area (TPSA) is 76.1 Å². The zero-order chi connectivity index (χ0) is 14.7. The number of nitrogens with zero attached hydrogens (tertiary/aromatic N) is 2. The van der Waals surface area contributed by atoms with Crippen LogP contribution >= 0.6 is 0 Å². The average Bonchev–Trinajstić information content (AvgIpc) is 3.31. The lowest BCUT2D eigenvalue weighted by molar-refractivity contribution is 0.0946. The van der Waals surface area contributed by atoms with Crippen LogP contribution in [0.1, 0.15) is 23.3 Å². The number of rotatable bonds is 5. The van der Waals surface area contributed by atoms with Crippen LogP contribution in [0.15, 0.2) is 36.5 Å². The Morgan fingerprint density at radius 2 is 2.19 bits per heavy atom. The van der Waals surface area contributed by atoms with Crippen molar-refractivity contribution in [3.05, 3.63) is 42.2 Å². The monoisotopic (exact) mass is 284 g/mol. The van der Waals surface area contributed by atoms with E-state index in [1.165, 1.54) is 0 Å².